The van der Waals surface area contributed by atoms with Crippen LogP contribution in [0.3, 0.4) is 0 Å². The number of nitriles is 2. The van der Waals surface area contributed by atoms with E-state index in [1.54, 1.807) is 6.08 Å². The maximum atomic E-state index is 9.18. The molecule has 150 valence electrons. The third-order valence-corrected chi connectivity index (χ3v) is 5.15. The summed E-state index contributed by atoms with van der Waals surface area (Å²) >= 11 is 3.11. The number of nitrogens with zero attached hydrogens (tertiary/aromatic N) is 4. The zero-order valence-corrected chi connectivity index (χ0v) is 18.2. The predicted octanol–water partition coefficient (Wildman–Crippen LogP) is 4.75. The molecule has 0 bridgehead atoms. The van der Waals surface area contributed by atoms with Gasteiger partial charge in [-0.1, -0.05) is 82.7 Å². The minimum atomic E-state index is 0.317. The minimum Gasteiger partial charge on any atom is -0.296 e. The number of allylic oxidation sites excluding steroid dienone is 2. The zero-order chi connectivity index (χ0) is 20.7. The van der Waals surface area contributed by atoms with E-state index in [1.165, 1.54) is 17.2 Å². The molecule has 0 radical (unpaired) electrons. The molecule has 2 aromatic rings. The largest absolute Gasteiger partial charge is 0.296 e. The highest BCUT2D eigenvalue weighted by atomic mass is 79.9. The van der Waals surface area contributed by atoms with Crippen molar-refractivity contribution in [3.63, 3.8) is 0 Å². The first-order valence-electron chi connectivity index (χ1n) is 9.78. The summed E-state index contributed by atoms with van der Waals surface area (Å²) in [5.74, 6) is 0. The van der Waals surface area contributed by atoms with Crippen molar-refractivity contribution >= 4 is 15.9 Å². The van der Waals surface area contributed by atoms with Crippen LogP contribution in [0.15, 0.2) is 72.8 Å². The average molecular weight is 451 g/mol. The standard InChI is InChI=1S/C20H23N3.C4H4BrN/c21-12-11-20-17-22(15-18-7-3-1-4-8-18)13-14-23(20)16-19-9-5-2-6-10-19;5-3-1-2-4-6/h1-10,20H,11,13-17H2;1-2H,3H2/b;2-1+. The van der Waals surface area contributed by atoms with Crippen LogP contribution in [0.1, 0.15) is 17.5 Å². The molecule has 0 amide bonds. The molecule has 29 heavy (non-hydrogen) atoms. The van der Waals surface area contributed by atoms with E-state index in [0.29, 0.717) is 12.5 Å². The Morgan fingerprint density at radius 2 is 1.55 bits per heavy atom. The van der Waals surface area contributed by atoms with Gasteiger partial charge >= 0.3 is 0 Å². The molecule has 0 spiro atoms. The summed E-state index contributed by atoms with van der Waals surface area (Å²) in [7, 11) is 0. The fourth-order valence-corrected chi connectivity index (χ4v) is 3.55. The summed E-state index contributed by atoms with van der Waals surface area (Å²) in [5.41, 5.74) is 2.67. The first-order valence-corrected chi connectivity index (χ1v) is 10.9. The molecule has 0 aliphatic carbocycles. The number of alkyl halides is 1. The van der Waals surface area contributed by atoms with Crippen molar-refractivity contribution < 1.29 is 0 Å². The molecule has 4 nitrogen and oxygen atoms in total. The monoisotopic (exact) mass is 450 g/mol. The van der Waals surface area contributed by atoms with Gasteiger partial charge in [-0.05, 0) is 11.1 Å². The van der Waals surface area contributed by atoms with Crippen LogP contribution < -0.4 is 0 Å². The number of hydrogen-bond acceptors (Lipinski definition) is 4. The Bertz CT molecular complexity index is 808. The van der Waals surface area contributed by atoms with Gasteiger partial charge in [-0.2, -0.15) is 10.5 Å². The second-order valence-electron chi connectivity index (χ2n) is 6.88. The fourth-order valence-electron chi connectivity index (χ4n) is 3.36. The molecule has 1 unspecified atom stereocenters. The van der Waals surface area contributed by atoms with Gasteiger partial charge in [0.1, 0.15) is 0 Å². The van der Waals surface area contributed by atoms with E-state index in [4.69, 9.17) is 5.26 Å². The van der Waals surface area contributed by atoms with Crippen LogP contribution in [-0.4, -0.2) is 40.8 Å². The van der Waals surface area contributed by atoms with Crippen molar-refractivity contribution in [1.29, 1.82) is 10.5 Å². The van der Waals surface area contributed by atoms with E-state index < -0.39 is 0 Å². The second-order valence-corrected chi connectivity index (χ2v) is 7.53. The summed E-state index contributed by atoms with van der Waals surface area (Å²) in [6.45, 7) is 4.96. The van der Waals surface area contributed by atoms with Gasteiger partial charge in [-0.25, -0.2) is 0 Å². The minimum absolute atomic E-state index is 0.317. The molecule has 1 aliphatic rings. The molecule has 0 aromatic heterocycles. The molecule has 2 aromatic carbocycles. The molecule has 1 heterocycles. The van der Waals surface area contributed by atoms with Crippen molar-refractivity contribution in [2.45, 2.75) is 25.6 Å². The van der Waals surface area contributed by atoms with Crippen molar-refractivity contribution in [2.24, 2.45) is 0 Å². The van der Waals surface area contributed by atoms with Crippen LogP contribution >= 0.6 is 15.9 Å². The average Bonchev–Trinajstić information content (AvgIpc) is 2.76. The van der Waals surface area contributed by atoms with Crippen molar-refractivity contribution in [1.82, 2.24) is 9.80 Å². The lowest BCUT2D eigenvalue weighted by molar-refractivity contribution is 0.0662. The van der Waals surface area contributed by atoms with Gasteiger partial charge in [-0.15, -0.1) is 0 Å². The Labute approximate surface area is 182 Å². The van der Waals surface area contributed by atoms with E-state index in [-0.39, 0.29) is 0 Å². The first-order chi connectivity index (χ1) is 14.3. The summed E-state index contributed by atoms with van der Waals surface area (Å²) < 4.78 is 0. The molecule has 5 heteroatoms. The van der Waals surface area contributed by atoms with Crippen molar-refractivity contribution in [2.75, 3.05) is 25.0 Å². The Balaban J connectivity index is 0.000000438. The third-order valence-electron chi connectivity index (χ3n) is 4.77. The van der Waals surface area contributed by atoms with E-state index in [1.807, 2.05) is 12.1 Å². The van der Waals surface area contributed by atoms with Crippen molar-refractivity contribution in [3.05, 3.63) is 83.9 Å². The summed E-state index contributed by atoms with van der Waals surface area (Å²) in [6.07, 6.45) is 3.77. The summed E-state index contributed by atoms with van der Waals surface area (Å²) in [5, 5.41) is 17.8. The molecule has 0 saturated carbocycles. The number of halogens is 1. The van der Waals surface area contributed by atoms with Crippen LogP contribution in [0.5, 0.6) is 0 Å². The van der Waals surface area contributed by atoms with Gasteiger partial charge in [0.2, 0.25) is 0 Å². The quantitative estimate of drug-likeness (QED) is 0.470. The van der Waals surface area contributed by atoms with Crippen LogP contribution in [0.2, 0.25) is 0 Å². The van der Waals surface area contributed by atoms with Crippen LogP contribution in [0, 0.1) is 22.7 Å². The highest BCUT2D eigenvalue weighted by Gasteiger charge is 2.26. The first kappa shape index (κ1) is 22.8. The van der Waals surface area contributed by atoms with Gasteiger partial charge < -0.3 is 0 Å². The Morgan fingerprint density at radius 1 is 0.931 bits per heavy atom. The van der Waals surface area contributed by atoms with Crippen LogP contribution in [0.4, 0.5) is 0 Å². The summed E-state index contributed by atoms with van der Waals surface area (Å²) in [4.78, 5) is 4.93. The smallest absolute Gasteiger partial charge is 0.0908 e. The Hall–Kier alpha value is -2.44. The third kappa shape index (κ3) is 8.62. The van der Waals surface area contributed by atoms with Crippen LogP contribution in [-0.2, 0) is 13.1 Å². The number of piperazine rings is 1. The fraction of sp³-hybridized carbons (Fsp3) is 0.333. The number of hydrogen-bond donors (Lipinski definition) is 0. The van der Waals surface area contributed by atoms with E-state index in [9.17, 15) is 5.26 Å². The maximum Gasteiger partial charge on any atom is 0.0908 e. The molecule has 1 atom stereocenters. The van der Waals surface area contributed by atoms with Gasteiger partial charge in [-0.3, -0.25) is 9.80 Å². The molecule has 1 saturated heterocycles. The van der Waals surface area contributed by atoms with Gasteiger partial charge in [0.05, 0.1) is 18.6 Å². The van der Waals surface area contributed by atoms with Crippen LogP contribution in [0.25, 0.3) is 0 Å². The normalized spacial score (nSPS) is 17.1. The van der Waals surface area contributed by atoms with E-state index >= 15 is 0 Å². The van der Waals surface area contributed by atoms with Crippen molar-refractivity contribution in [3.8, 4) is 12.1 Å². The molecule has 0 N–H and O–H groups in total. The predicted molar refractivity (Wildman–Crippen MR) is 121 cm³/mol. The second kappa shape index (κ2) is 13.7. The SMILES string of the molecule is N#C/C=C/CBr.N#CCC1CN(Cc2ccccc2)CCN1Cc1ccccc1. The molecular formula is C24H27BrN4. The number of rotatable bonds is 6. The molecule has 1 aliphatic heterocycles. The lowest BCUT2D eigenvalue weighted by atomic mass is 10.1. The highest BCUT2D eigenvalue weighted by Crippen LogP contribution is 2.18. The highest BCUT2D eigenvalue weighted by molar-refractivity contribution is 9.09. The maximum absolute atomic E-state index is 9.18. The Kier molecular flexibility index (Phi) is 10.8. The zero-order valence-electron chi connectivity index (χ0n) is 16.6. The van der Waals surface area contributed by atoms with Gasteiger partial charge in [0, 0.05) is 50.2 Å². The van der Waals surface area contributed by atoms with E-state index in [2.05, 4.69) is 86.4 Å². The van der Waals surface area contributed by atoms with E-state index in [0.717, 1.165) is 38.1 Å². The molecular weight excluding hydrogens is 424 g/mol. The lowest BCUT2D eigenvalue weighted by Gasteiger charge is -2.40. The molecule has 3 rings (SSSR count). The number of benzene rings is 2. The molecule has 1 fully saturated rings. The summed E-state index contributed by atoms with van der Waals surface area (Å²) in [6, 6.07) is 25.7. The Morgan fingerprint density at radius 3 is 2.07 bits per heavy atom. The topological polar surface area (TPSA) is 54.1 Å². The van der Waals surface area contributed by atoms with Gasteiger partial charge in [0.15, 0.2) is 0 Å². The lowest BCUT2D eigenvalue weighted by Crippen LogP contribution is -2.52. The van der Waals surface area contributed by atoms with Gasteiger partial charge in [0.25, 0.3) is 0 Å².